The summed E-state index contributed by atoms with van der Waals surface area (Å²) in [6, 6.07) is -0.793. The van der Waals surface area contributed by atoms with Gasteiger partial charge in [0.25, 0.3) is 5.91 Å². The molecule has 1 aromatic rings. The Labute approximate surface area is 252 Å². The summed E-state index contributed by atoms with van der Waals surface area (Å²) < 4.78 is 54.1. The van der Waals surface area contributed by atoms with Gasteiger partial charge < -0.3 is 20.1 Å². The first-order chi connectivity index (χ1) is 19.7. The molecule has 1 aliphatic heterocycles. The van der Waals surface area contributed by atoms with E-state index in [1.165, 1.54) is 12.4 Å². The van der Waals surface area contributed by atoms with Gasteiger partial charge in [-0.2, -0.15) is 13.2 Å². The molecule has 0 aromatic carbocycles. The number of hydrogen-bond acceptors (Lipinski definition) is 8. The van der Waals surface area contributed by atoms with Crippen molar-refractivity contribution in [1.29, 1.82) is 0 Å². The molecule has 1 saturated heterocycles. The molecule has 2 N–H and O–H groups in total. The van der Waals surface area contributed by atoms with Crippen molar-refractivity contribution in [2.75, 3.05) is 19.7 Å². The monoisotopic (exact) mass is 634 g/mol. The number of nitrogens with zero attached hydrogens (tertiary/aromatic N) is 3. The molecule has 1 saturated carbocycles. The van der Waals surface area contributed by atoms with E-state index in [4.69, 9.17) is 38.4 Å². The van der Waals surface area contributed by atoms with E-state index in [1.807, 2.05) is 13.8 Å². The van der Waals surface area contributed by atoms with Gasteiger partial charge in [-0.3, -0.25) is 24.4 Å². The number of carbonyl (C=O) groups excluding carboxylic acids is 3. The largest absolute Gasteiger partial charge is 0.466 e. The minimum atomic E-state index is -5.03. The zero-order chi connectivity index (χ0) is 31.2. The summed E-state index contributed by atoms with van der Waals surface area (Å²) in [7, 11) is 0. The average molecular weight is 636 g/mol. The first-order valence-corrected chi connectivity index (χ1v) is 14.5. The van der Waals surface area contributed by atoms with E-state index in [0.717, 1.165) is 4.90 Å². The highest BCUT2D eigenvalue weighted by Crippen LogP contribution is 2.33. The van der Waals surface area contributed by atoms with Crippen LogP contribution in [0.2, 0.25) is 10.0 Å². The Kier molecular flexibility index (Phi) is 11.4. The Morgan fingerprint density at radius 1 is 1.17 bits per heavy atom. The maximum absolute atomic E-state index is 14.4. The van der Waals surface area contributed by atoms with E-state index in [2.05, 4.69) is 9.98 Å². The number of rotatable bonds is 10. The molecule has 0 bridgehead atoms. The van der Waals surface area contributed by atoms with E-state index in [0.29, 0.717) is 31.9 Å². The Morgan fingerprint density at radius 3 is 2.29 bits per heavy atom. The standard InChI is InChI=1S/C28H35Cl2F3N4O5/c1-4-41-26(40)16-5-7-17(8-6-16)36-24(28(31,32)33)19(11-34)25(39)37(14-18-9-10-27(2,3)42-18)15-22(38)23-20(29)12-35-13-21(23)30/h11-13,16-18H,4-10,14-15,34H2,1-3H3/t16?,17?,18-/m0/s1. The fourth-order valence-electron chi connectivity index (χ4n) is 5.20. The third-order valence-corrected chi connectivity index (χ3v) is 7.85. The Hall–Kier alpha value is -2.70. The summed E-state index contributed by atoms with van der Waals surface area (Å²) in [5.74, 6) is -2.64. The van der Waals surface area contributed by atoms with Crippen LogP contribution in [0.15, 0.2) is 29.2 Å². The number of pyridine rings is 1. The van der Waals surface area contributed by atoms with Crippen LogP contribution < -0.4 is 5.73 Å². The predicted octanol–water partition coefficient (Wildman–Crippen LogP) is 5.33. The lowest BCUT2D eigenvalue weighted by molar-refractivity contribution is -0.149. The molecule has 0 radical (unpaired) electrons. The minimum absolute atomic E-state index is 0.0660. The fourth-order valence-corrected chi connectivity index (χ4v) is 5.78. The van der Waals surface area contributed by atoms with Crippen LogP contribution in [-0.4, -0.2) is 76.9 Å². The zero-order valence-electron chi connectivity index (χ0n) is 23.7. The SMILES string of the molecule is CCOC(=O)C1CCC(N=C(C(=CN)C(=O)N(CC(=O)c2c(Cl)cncc2Cl)C[C@@H]2CCC(C)(C)O2)C(F)(F)F)CC1. The maximum Gasteiger partial charge on any atom is 0.433 e. The predicted molar refractivity (Wildman–Crippen MR) is 151 cm³/mol. The molecule has 0 spiro atoms. The van der Waals surface area contributed by atoms with Crippen LogP contribution in [0.25, 0.3) is 0 Å². The molecule has 2 heterocycles. The fraction of sp³-hybridized carbons (Fsp3) is 0.607. The molecular formula is C28H35Cl2F3N4O5. The van der Waals surface area contributed by atoms with Gasteiger partial charge >= 0.3 is 12.1 Å². The summed E-state index contributed by atoms with van der Waals surface area (Å²) >= 11 is 12.3. The van der Waals surface area contributed by atoms with Gasteiger partial charge in [-0.1, -0.05) is 23.2 Å². The van der Waals surface area contributed by atoms with E-state index in [9.17, 15) is 27.6 Å². The van der Waals surface area contributed by atoms with Crippen LogP contribution in [0.3, 0.4) is 0 Å². The van der Waals surface area contributed by atoms with Crippen LogP contribution in [0.4, 0.5) is 13.2 Å². The Bertz CT molecular complexity index is 1210. The summed E-state index contributed by atoms with van der Waals surface area (Å²) in [6.07, 6.45) is -0.441. The van der Waals surface area contributed by atoms with Gasteiger partial charge in [-0.15, -0.1) is 0 Å². The number of halogens is 5. The van der Waals surface area contributed by atoms with E-state index in [1.54, 1.807) is 6.92 Å². The van der Waals surface area contributed by atoms with Crippen LogP contribution in [-0.2, 0) is 19.1 Å². The number of alkyl halides is 3. The average Bonchev–Trinajstić information content (AvgIpc) is 3.25. The molecule has 0 unspecified atom stereocenters. The van der Waals surface area contributed by atoms with Crippen molar-refractivity contribution in [2.24, 2.45) is 16.6 Å². The quantitative estimate of drug-likeness (QED) is 0.160. The molecule has 2 fully saturated rings. The molecule has 1 aliphatic carbocycles. The topological polar surface area (TPSA) is 124 Å². The summed E-state index contributed by atoms with van der Waals surface area (Å²) in [6.45, 7) is 4.78. The number of esters is 1. The van der Waals surface area contributed by atoms with Gasteiger partial charge in [0.1, 0.15) is 0 Å². The van der Waals surface area contributed by atoms with Crippen molar-refractivity contribution in [2.45, 2.75) is 83.2 Å². The van der Waals surface area contributed by atoms with E-state index < -0.39 is 59.4 Å². The molecule has 232 valence electrons. The van der Waals surface area contributed by atoms with E-state index in [-0.39, 0.29) is 47.6 Å². The number of aromatic nitrogens is 1. The van der Waals surface area contributed by atoms with Crippen LogP contribution >= 0.6 is 23.2 Å². The van der Waals surface area contributed by atoms with Crippen molar-refractivity contribution in [3.05, 3.63) is 39.8 Å². The van der Waals surface area contributed by atoms with Crippen molar-refractivity contribution in [3.63, 3.8) is 0 Å². The second-order valence-corrected chi connectivity index (χ2v) is 11.8. The lowest BCUT2D eigenvalue weighted by Crippen LogP contribution is -2.45. The third-order valence-electron chi connectivity index (χ3n) is 7.28. The first kappa shape index (κ1) is 33.8. The molecule has 1 aromatic heterocycles. The molecular weight excluding hydrogens is 600 g/mol. The maximum atomic E-state index is 14.4. The van der Waals surface area contributed by atoms with Gasteiger partial charge in [0.05, 0.1) is 58.0 Å². The Morgan fingerprint density at radius 2 is 1.79 bits per heavy atom. The van der Waals surface area contributed by atoms with Gasteiger partial charge in [-0.25, -0.2) is 0 Å². The summed E-state index contributed by atoms with van der Waals surface area (Å²) in [4.78, 5) is 47.7. The molecule has 1 amide bonds. The Balaban J connectivity index is 1.90. The third kappa shape index (κ3) is 8.67. The number of amides is 1. The smallest absolute Gasteiger partial charge is 0.433 e. The molecule has 2 aliphatic rings. The number of nitrogens with two attached hydrogens (primary N) is 1. The van der Waals surface area contributed by atoms with Crippen molar-refractivity contribution < 1.29 is 37.0 Å². The van der Waals surface area contributed by atoms with Crippen molar-refractivity contribution in [3.8, 4) is 0 Å². The van der Waals surface area contributed by atoms with Gasteiger partial charge in [0, 0.05) is 25.1 Å². The highest BCUT2D eigenvalue weighted by Gasteiger charge is 2.43. The molecule has 42 heavy (non-hydrogen) atoms. The molecule has 3 rings (SSSR count). The minimum Gasteiger partial charge on any atom is -0.466 e. The van der Waals surface area contributed by atoms with Crippen LogP contribution in [0.1, 0.15) is 69.7 Å². The zero-order valence-corrected chi connectivity index (χ0v) is 25.2. The van der Waals surface area contributed by atoms with Crippen molar-refractivity contribution >= 4 is 46.6 Å². The highest BCUT2D eigenvalue weighted by molar-refractivity contribution is 6.39. The summed E-state index contributed by atoms with van der Waals surface area (Å²) in [5, 5.41) is -0.132. The molecule has 1 atom stereocenters. The molecule has 9 nitrogen and oxygen atoms in total. The number of Topliss-reactive ketones (excluding diaryl/α,β-unsaturated/α-hetero) is 1. The van der Waals surface area contributed by atoms with Crippen LogP contribution in [0.5, 0.6) is 0 Å². The van der Waals surface area contributed by atoms with Gasteiger partial charge in [0.2, 0.25) is 0 Å². The van der Waals surface area contributed by atoms with Crippen LogP contribution in [0, 0.1) is 5.92 Å². The second kappa shape index (κ2) is 14.2. The first-order valence-electron chi connectivity index (χ1n) is 13.7. The number of hydrogen-bond donors (Lipinski definition) is 1. The second-order valence-electron chi connectivity index (χ2n) is 10.9. The van der Waals surface area contributed by atoms with Gasteiger partial charge in [-0.05, 0) is 59.3 Å². The van der Waals surface area contributed by atoms with Crippen molar-refractivity contribution in [1.82, 2.24) is 9.88 Å². The lowest BCUT2D eigenvalue weighted by Gasteiger charge is -2.29. The normalized spacial score (nSPS) is 23.0. The number of aliphatic imine (C=N–C) groups is 1. The highest BCUT2D eigenvalue weighted by atomic mass is 35.5. The number of ether oxygens (including phenoxy) is 2. The lowest BCUT2D eigenvalue weighted by atomic mass is 9.86. The number of carbonyl (C=O) groups is 3. The number of ketones is 1. The van der Waals surface area contributed by atoms with E-state index >= 15 is 0 Å². The molecule has 14 heteroatoms. The summed E-state index contributed by atoms with van der Waals surface area (Å²) in [5.41, 5.74) is 2.68. The van der Waals surface area contributed by atoms with Gasteiger partial charge in [0.15, 0.2) is 11.5 Å².